The standard InChI is InChI=1S/C15H20N4O3/c1-3-12-11(4-5-16-12)15(20)18-13-8-21-9-14(13)22-10-6-17-19(2)7-10/h4-7,13-14,16H,3,8-9H2,1-2H3,(H,18,20)/t13-,14+/m0/s1. The number of rotatable bonds is 5. The third-order valence-corrected chi connectivity index (χ3v) is 3.74. The molecule has 2 aromatic rings. The van der Waals surface area contributed by atoms with Crippen LogP contribution in [-0.4, -0.2) is 46.0 Å². The maximum absolute atomic E-state index is 12.4. The van der Waals surface area contributed by atoms with Crippen molar-refractivity contribution < 1.29 is 14.3 Å². The second-order valence-electron chi connectivity index (χ2n) is 5.35. The van der Waals surface area contributed by atoms with E-state index in [-0.39, 0.29) is 18.1 Å². The summed E-state index contributed by atoms with van der Waals surface area (Å²) in [5.41, 5.74) is 1.61. The van der Waals surface area contributed by atoms with E-state index in [1.165, 1.54) is 0 Å². The van der Waals surface area contributed by atoms with E-state index in [2.05, 4.69) is 15.4 Å². The normalized spacial score (nSPS) is 21.0. The van der Waals surface area contributed by atoms with Gasteiger partial charge in [0.2, 0.25) is 0 Å². The molecular formula is C15H20N4O3. The minimum atomic E-state index is -0.211. The van der Waals surface area contributed by atoms with Crippen LogP contribution in [0.2, 0.25) is 0 Å². The zero-order valence-electron chi connectivity index (χ0n) is 12.7. The van der Waals surface area contributed by atoms with Gasteiger partial charge >= 0.3 is 0 Å². The fraction of sp³-hybridized carbons (Fsp3) is 0.467. The molecule has 3 heterocycles. The van der Waals surface area contributed by atoms with Crippen molar-refractivity contribution in [2.75, 3.05) is 13.2 Å². The zero-order chi connectivity index (χ0) is 15.5. The van der Waals surface area contributed by atoms with Crippen LogP contribution < -0.4 is 10.1 Å². The summed E-state index contributed by atoms with van der Waals surface area (Å²) < 4.78 is 13.0. The highest BCUT2D eigenvalue weighted by molar-refractivity contribution is 5.95. The molecule has 22 heavy (non-hydrogen) atoms. The lowest BCUT2D eigenvalue weighted by molar-refractivity contribution is 0.0903. The molecule has 1 saturated heterocycles. The van der Waals surface area contributed by atoms with Gasteiger partial charge in [0.05, 0.1) is 37.2 Å². The van der Waals surface area contributed by atoms with E-state index in [1.54, 1.807) is 29.3 Å². The number of nitrogens with one attached hydrogen (secondary N) is 2. The van der Waals surface area contributed by atoms with Gasteiger partial charge in [0.25, 0.3) is 5.91 Å². The van der Waals surface area contributed by atoms with Crippen LogP contribution in [0.25, 0.3) is 0 Å². The van der Waals surface area contributed by atoms with Crippen molar-refractivity contribution in [3.8, 4) is 5.75 Å². The van der Waals surface area contributed by atoms with E-state index >= 15 is 0 Å². The molecule has 7 nitrogen and oxygen atoms in total. The summed E-state index contributed by atoms with van der Waals surface area (Å²) in [6.07, 6.45) is 5.80. The highest BCUT2D eigenvalue weighted by Gasteiger charge is 2.32. The Morgan fingerprint density at radius 3 is 3.18 bits per heavy atom. The SMILES string of the molecule is CCc1[nH]ccc1C(=O)N[C@H]1COC[C@H]1Oc1cnn(C)c1. The minimum Gasteiger partial charge on any atom is -0.482 e. The molecule has 1 amide bonds. The highest BCUT2D eigenvalue weighted by Crippen LogP contribution is 2.17. The van der Waals surface area contributed by atoms with Gasteiger partial charge < -0.3 is 19.8 Å². The van der Waals surface area contributed by atoms with Gasteiger partial charge in [-0.25, -0.2) is 0 Å². The number of ether oxygens (including phenoxy) is 2. The van der Waals surface area contributed by atoms with Crippen molar-refractivity contribution in [1.82, 2.24) is 20.1 Å². The summed E-state index contributed by atoms with van der Waals surface area (Å²) in [4.78, 5) is 15.5. The predicted octanol–water partition coefficient (Wildman–Crippen LogP) is 0.887. The zero-order valence-corrected chi connectivity index (χ0v) is 12.7. The largest absolute Gasteiger partial charge is 0.482 e. The van der Waals surface area contributed by atoms with Crippen molar-refractivity contribution in [2.24, 2.45) is 7.05 Å². The number of nitrogens with zero attached hydrogens (tertiary/aromatic N) is 2. The number of carbonyl (C=O) groups excluding carboxylic acids is 1. The Balaban J connectivity index is 1.64. The molecule has 0 saturated carbocycles. The van der Waals surface area contributed by atoms with Gasteiger partial charge in [0.1, 0.15) is 6.10 Å². The average Bonchev–Trinajstić information content (AvgIpc) is 3.21. The van der Waals surface area contributed by atoms with Crippen molar-refractivity contribution in [2.45, 2.75) is 25.5 Å². The van der Waals surface area contributed by atoms with Gasteiger partial charge in [-0.3, -0.25) is 9.48 Å². The van der Waals surface area contributed by atoms with Crippen molar-refractivity contribution in [3.05, 3.63) is 35.9 Å². The Morgan fingerprint density at radius 2 is 2.45 bits per heavy atom. The first-order chi connectivity index (χ1) is 10.7. The Morgan fingerprint density at radius 1 is 1.59 bits per heavy atom. The highest BCUT2D eigenvalue weighted by atomic mass is 16.5. The van der Waals surface area contributed by atoms with Crippen LogP contribution in [0.4, 0.5) is 0 Å². The number of aromatic nitrogens is 3. The Kier molecular flexibility index (Phi) is 4.15. The molecule has 0 spiro atoms. The molecule has 7 heteroatoms. The van der Waals surface area contributed by atoms with E-state index in [9.17, 15) is 4.79 Å². The van der Waals surface area contributed by atoms with E-state index in [1.807, 2.05) is 14.0 Å². The second-order valence-corrected chi connectivity index (χ2v) is 5.35. The van der Waals surface area contributed by atoms with Crippen molar-refractivity contribution in [1.29, 1.82) is 0 Å². The van der Waals surface area contributed by atoms with Crippen molar-refractivity contribution in [3.63, 3.8) is 0 Å². The molecule has 2 aromatic heterocycles. The fourth-order valence-corrected chi connectivity index (χ4v) is 2.58. The molecule has 1 fully saturated rings. The number of hydrogen-bond acceptors (Lipinski definition) is 4. The molecule has 118 valence electrons. The smallest absolute Gasteiger partial charge is 0.253 e. The van der Waals surface area contributed by atoms with Crippen LogP contribution in [0, 0.1) is 0 Å². The van der Waals surface area contributed by atoms with Crippen LogP contribution in [0.5, 0.6) is 5.75 Å². The van der Waals surface area contributed by atoms with E-state index in [0.29, 0.717) is 24.5 Å². The summed E-state index contributed by atoms with van der Waals surface area (Å²) in [5, 5.41) is 7.06. The van der Waals surface area contributed by atoms with Crippen LogP contribution in [0.1, 0.15) is 23.0 Å². The lowest BCUT2D eigenvalue weighted by atomic mass is 10.1. The van der Waals surface area contributed by atoms with Gasteiger partial charge in [0, 0.05) is 18.9 Å². The quantitative estimate of drug-likeness (QED) is 0.859. The van der Waals surface area contributed by atoms with Gasteiger partial charge in [-0.2, -0.15) is 5.10 Å². The molecule has 3 rings (SSSR count). The first-order valence-corrected chi connectivity index (χ1v) is 7.37. The molecule has 0 unspecified atom stereocenters. The Labute approximate surface area is 128 Å². The molecule has 1 aliphatic rings. The molecule has 1 aliphatic heterocycles. The maximum atomic E-state index is 12.4. The lowest BCUT2D eigenvalue weighted by Crippen LogP contribution is -2.45. The summed E-state index contributed by atoms with van der Waals surface area (Å²) in [6.45, 7) is 2.91. The van der Waals surface area contributed by atoms with E-state index in [0.717, 1.165) is 12.1 Å². The average molecular weight is 304 g/mol. The van der Waals surface area contributed by atoms with Gasteiger partial charge in [-0.15, -0.1) is 0 Å². The molecule has 0 aromatic carbocycles. The van der Waals surface area contributed by atoms with Gasteiger partial charge in [0.15, 0.2) is 5.75 Å². The number of H-pyrrole nitrogens is 1. The summed E-state index contributed by atoms with van der Waals surface area (Å²) >= 11 is 0. The summed E-state index contributed by atoms with van der Waals surface area (Å²) in [6, 6.07) is 1.62. The molecular weight excluding hydrogens is 284 g/mol. The predicted molar refractivity (Wildman–Crippen MR) is 79.9 cm³/mol. The fourth-order valence-electron chi connectivity index (χ4n) is 2.58. The second kappa shape index (κ2) is 6.23. The first-order valence-electron chi connectivity index (χ1n) is 7.37. The topological polar surface area (TPSA) is 81.2 Å². The minimum absolute atomic E-state index is 0.103. The van der Waals surface area contributed by atoms with E-state index in [4.69, 9.17) is 9.47 Å². The molecule has 2 atom stereocenters. The number of aromatic amines is 1. The number of hydrogen-bond donors (Lipinski definition) is 2. The number of aryl methyl sites for hydroxylation is 2. The Hall–Kier alpha value is -2.28. The molecule has 0 aliphatic carbocycles. The van der Waals surface area contributed by atoms with Gasteiger partial charge in [-0.05, 0) is 12.5 Å². The maximum Gasteiger partial charge on any atom is 0.253 e. The first kappa shape index (κ1) is 14.6. The van der Waals surface area contributed by atoms with Crippen LogP contribution in [-0.2, 0) is 18.2 Å². The van der Waals surface area contributed by atoms with Crippen LogP contribution in [0.15, 0.2) is 24.7 Å². The molecule has 2 N–H and O–H groups in total. The van der Waals surface area contributed by atoms with Crippen LogP contribution in [0.3, 0.4) is 0 Å². The summed E-state index contributed by atoms with van der Waals surface area (Å²) in [7, 11) is 1.83. The lowest BCUT2D eigenvalue weighted by Gasteiger charge is -2.19. The van der Waals surface area contributed by atoms with E-state index < -0.39 is 0 Å². The monoisotopic (exact) mass is 304 g/mol. The Bertz CT molecular complexity index is 649. The summed E-state index contributed by atoms with van der Waals surface area (Å²) in [5.74, 6) is 0.571. The van der Waals surface area contributed by atoms with Crippen LogP contribution >= 0.6 is 0 Å². The third kappa shape index (κ3) is 2.99. The van der Waals surface area contributed by atoms with Gasteiger partial charge in [-0.1, -0.05) is 6.92 Å². The molecule has 0 radical (unpaired) electrons. The number of amides is 1. The number of carbonyl (C=O) groups is 1. The van der Waals surface area contributed by atoms with Crippen molar-refractivity contribution >= 4 is 5.91 Å². The molecule has 0 bridgehead atoms. The third-order valence-electron chi connectivity index (χ3n) is 3.74.